The largest absolute Gasteiger partial charge is 0.372 e. The third-order valence-electron chi connectivity index (χ3n) is 7.51. The molecule has 0 N–H and O–H groups in total. The third kappa shape index (κ3) is 2.75. The fourth-order valence-corrected chi connectivity index (χ4v) is 5.84. The highest BCUT2D eigenvalue weighted by Crippen LogP contribution is 2.44. The number of benzene rings is 4. The van der Waals surface area contributed by atoms with Crippen molar-refractivity contribution in [2.75, 3.05) is 36.0 Å². The van der Waals surface area contributed by atoms with E-state index in [9.17, 15) is 0 Å². The van der Waals surface area contributed by atoms with E-state index < -0.39 is 0 Å². The summed E-state index contributed by atoms with van der Waals surface area (Å²) in [5.74, 6) is 0. The van der Waals surface area contributed by atoms with E-state index >= 15 is 0 Å². The maximum absolute atomic E-state index is 2.51. The Morgan fingerprint density at radius 3 is 1.97 bits per heavy atom. The summed E-state index contributed by atoms with van der Waals surface area (Å²) < 4.78 is 2.51. The van der Waals surface area contributed by atoms with Crippen LogP contribution in [0.3, 0.4) is 0 Å². The zero-order valence-electron chi connectivity index (χ0n) is 20.0. The fourth-order valence-electron chi connectivity index (χ4n) is 5.84. The Bertz CT molecular complexity index is 1580. The van der Waals surface area contributed by atoms with Gasteiger partial charge in [0.05, 0.1) is 16.6 Å². The number of para-hydroxylation sites is 1. The van der Waals surface area contributed by atoms with Crippen LogP contribution < -0.4 is 9.80 Å². The van der Waals surface area contributed by atoms with Gasteiger partial charge in [0.25, 0.3) is 0 Å². The van der Waals surface area contributed by atoms with Gasteiger partial charge in [0.2, 0.25) is 0 Å². The number of hydrogen-bond acceptors (Lipinski definition) is 2. The van der Waals surface area contributed by atoms with Gasteiger partial charge < -0.3 is 14.2 Å². The van der Waals surface area contributed by atoms with Crippen LogP contribution in [-0.2, 0) is 0 Å². The molecule has 0 aliphatic carbocycles. The predicted molar refractivity (Wildman–Crippen MR) is 146 cm³/mol. The molecular weight excluding hydrogens is 402 g/mol. The first-order valence-corrected chi connectivity index (χ1v) is 12.3. The molecule has 6 aromatic rings. The van der Waals surface area contributed by atoms with Crippen molar-refractivity contribution in [1.82, 2.24) is 4.40 Å². The van der Waals surface area contributed by atoms with Gasteiger partial charge in [0, 0.05) is 59.1 Å². The number of anilines is 2. The van der Waals surface area contributed by atoms with Crippen molar-refractivity contribution in [3.63, 3.8) is 0 Å². The minimum Gasteiger partial charge on any atom is -0.372 e. The summed E-state index contributed by atoms with van der Waals surface area (Å²) in [5.41, 5.74) is 6.56. The molecular formula is C30H31N3. The third-order valence-corrected chi connectivity index (χ3v) is 7.51. The van der Waals surface area contributed by atoms with Crippen molar-refractivity contribution < 1.29 is 0 Å². The number of hydrogen-bond donors (Lipinski definition) is 0. The van der Waals surface area contributed by atoms with Crippen LogP contribution >= 0.6 is 0 Å². The topological polar surface area (TPSA) is 10.9 Å². The lowest BCUT2D eigenvalue weighted by Crippen LogP contribution is -2.21. The number of fused-ring (bicyclic) bond motifs is 8. The molecule has 0 saturated heterocycles. The van der Waals surface area contributed by atoms with Crippen LogP contribution in [0.1, 0.15) is 27.7 Å². The summed E-state index contributed by atoms with van der Waals surface area (Å²) in [5, 5.41) is 8.08. The molecule has 33 heavy (non-hydrogen) atoms. The molecule has 0 saturated carbocycles. The Balaban J connectivity index is 1.79. The van der Waals surface area contributed by atoms with Crippen molar-refractivity contribution in [2.45, 2.75) is 27.7 Å². The van der Waals surface area contributed by atoms with Crippen LogP contribution in [0, 0.1) is 0 Å². The Hall–Kier alpha value is -3.46. The molecule has 3 nitrogen and oxygen atoms in total. The second kappa shape index (κ2) is 7.55. The molecule has 0 unspecified atom stereocenters. The fraction of sp³-hybridized carbons (Fsp3) is 0.267. The molecule has 0 atom stereocenters. The van der Waals surface area contributed by atoms with Gasteiger partial charge in [-0.05, 0) is 74.9 Å². The molecule has 0 aliphatic rings. The maximum atomic E-state index is 2.51. The maximum Gasteiger partial charge on any atom is 0.0627 e. The number of nitrogens with zero attached hydrogens (tertiary/aromatic N) is 3. The first kappa shape index (κ1) is 20.2. The monoisotopic (exact) mass is 433 g/mol. The lowest BCUT2D eigenvalue weighted by molar-refractivity contribution is 0.867. The minimum absolute atomic E-state index is 1.02. The summed E-state index contributed by atoms with van der Waals surface area (Å²) in [4.78, 5) is 4.86. The molecule has 166 valence electrons. The van der Waals surface area contributed by atoms with Crippen molar-refractivity contribution in [3.8, 4) is 0 Å². The Morgan fingerprint density at radius 1 is 0.576 bits per heavy atom. The number of aromatic nitrogens is 1. The van der Waals surface area contributed by atoms with Crippen molar-refractivity contribution >= 4 is 60.2 Å². The van der Waals surface area contributed by atoms with Crippen molar-refractivity contribution in [3.05, 3.63) is 66.7 Å². The van der Waals surface area contributed by atoms with Crippen LogP contribution in [0.25, 0.3) is 48.9 Å². The quantitative estimate of drug-likeness (QED) is 0.267. The van der Waals surface area contributed by atoms with E-state index in [1.807, 2.05) is 0 Å². The summed E-state index contributed by atoms with van der Waals surface area (Å²) in [7, 11) is 0. The zero-order chi connectivity index (χ0) is 22.7. The smallest absolute Gasteiger partial charge is 0.0627 e. The van der Waals surface area contributed by atoms with E-state index in [1.54, 1.807) is 0 Å². The zero-order valence-corrected chi connectivity index (χ0v) is 20.0. The lowest BCUT2D eigenvalue weighted by Gasteiger charge is -2.21. The lowest BCUT2D eigenvalue weighted by atomic mass is 9.99. The molecule has 4 aromatic carbocycles. The highest BCUT2D eigenvalue weighted by Gasteiger charge is 2.20. The SMILES string of the molecule is CCN(CC)c1ccc2cc3c4ccc(N(CC)CC)cc4n4c5ccccc5c(c2c1)c34. The highest BCUT2D eigenvalue weighted by atomic mass is 15.1. The van der Waals surface area contributed by atoms with Crippen LogP contribution in [0.2, 0.25) is 0 Å². The average molecular weight is 434 g/mol. The van der Waals surface area contributed by atoms with E-state index in [0.717, 1.165) is 26.2 Å². The summed E-state index contributed by atoms with van der Waals surface area (Å²) in [6.45, 7) is 13.0. The van der Waals surface area contributed by atoms with E-state index in [0.29, 0.717) is 0 Å². The predicted octanol–water partition coefficient (Wildman–Crippen LogP) is 7.68. The summed E-state index contributed by atoms with van der Waals surface area (Å²) in [6.07, 6.45) is 0. The van der Waals surface area contributed by atoms with Gasteiger partial charge in [0.1, 0.15) is 0 Å². The van der Waals surface area contributed by atoms with Crippen molar-refractivity contribution in [2.24, 2.45) is 0 Å². The molecule has 3 heteroatoms. The number of rotatable bonds is 6. The van der Waals surface area contributed by atoms with Crippen LogP contribution in [0.4, 0.5) is 11.4 Å². The first-order valence-electron chi connectivity index (χ1n) is 12.3. The van der Waals surface area contributed by atoms with Gasteiger partial charge in [-0.3, -0.25) is 0 Å². The standard InChI is InChI=1S/C30H31N3/c1-5-31(6-2)21-14-13-20-17-26-23-16-15-22(32(7-3)8-4)19-28(23)33-27-12-10-9-11-24(27)29(30(26)33)25(20)18-21/h9-19H,5-8H2,1-4H3. The second-order valence-electron chi connectivity index (χ2n) is 8.95. The van der Waals surface area contributed by atoms with Gasteiger partial charge in [-0.25, -0.2) is 0 Å². The van der Waals surface area contributed by atoms with Gasteiger partial charge in [-0.1, -0.05) is 30.3 Å². The van der Waals surface area contributed by atoms with E-state index in [1.165, 1.54) is 60.2 Å². The molecule has 0 radical (unpaired) electrons. The van der Waals surface area contributed by atoms with Gasteiger partial charge >= 0.3 is 0 Å². The van der Waals surface area contributed by atoms with Gasteiger partial charge in [-0.15, -0.1) is 0 Å². The Morgan fingerprint density at radius 2 is 1.24 bits per heavy atom. The molecule has 0 fully saturated rings. The average Bonchev–Trinajstić information content (AvgIpc) is 3.36. The van der Waals surface area contributed by atoms with Crippen LogP contribution in [0.15, 0.2) is 66.7 Å². The van der Waals surface area contributed by atoms with Gasteiger partial charge in [-0.2, -0.15) is 0 Å². The summed E-state index contributed by atoms with van der Waals surface area (Å²) >= 11 is 0. The Kier molecular flexibility index (Phi) is 4.62. The molecule has 0 amide bonds. The minimum atomic E-state index is 1.02. The van der Waals surface area contributed by atoms with Gasteiger partial charge in [0.15, 0.2) is 0 Å². The molecule has 0 bridgehead atoms. The van der Waals surface area contributed by atoms with Crippen LogP contribution in [0.5, 0.6) is 0 Å². The van der Waals surface area contributed by atoms with E-state index in [2.05, 4.69) is 109 Å². The molecule has 2 aromatic heterocycles. The second-order valence-corrected chi connectivity index (χ2v) is 8.95. The molecule has 6 rings (SSSR count). The normalized spacial score (nSPS) is 12.1. The van der Waals surface area contributed by atoms with E-state index in [-0.39, 0.29) is 0 Å². The van der Waals surface area contributed by atoms with Crippen LogP contribution in [-0.4, -0.2) is 30.6 Å². The summed E-state index contributed by atoms with van der Waals surface area (Å²) in [6, 6.07) is 25.3. The molecule has 0 aliphatic heterocycles. The van der Waals surface area contributed by atoms with Crippen molar-refractivity contribution in [1.29, 1.82) is 0 Å². The molecule has 0 spiro atoms. The Labute approximate surface area is 195 Å². The van der Waals surface area contributed by atoms with E-state index in [4.69, 9.17) is 0 Å². The first-order chi connectivity index (χ1) is 16.2. The molecule has 2 heterocycles. The highest BCUT2D eigenvalue weighted by molar-refractivity contribution is 6.31.